The van der Waals surface area contributed by atoms with Crippen molar-refractivity contribution in [3.8, 4) is 0 Å². The Labute approximate surface area is 67.9 Å². The van der Waals surface area contributed by atoms with Crippen molar-refractivity contribution in [2.75, 3.05) is 0 Å². The first-order valence-electron chi connectivity index (χ1n) is 1.13. The molecule has 0 unspecified atom stereocenters. The Balaban J connectivity index is 0. The van der Waals surface area contributed by atoms with Gasteiger partial charge in [-0.25, -0.2) is 0 Å². The molecule has 1 saturated heterocycles. The molecule has 0 aliphatic carbocycles. The van der Waals surface area contributed by atoms with Crippen LogP contribution in [0.25, 0.3) is 0 Å². The van der Waals surface area contributed by atoms with Gasteiger partial charge in [0.05, 0.1) is 0 Å². The van der Waals surface area contributed by atoms with Crippen LogP contribution < -0.4 is 0 Å². The molecule has 1 rings (SSSR count). The molecule has 48 valence electrons. The van der Waals surface area contributed by atoms with E-state index in [0.29, 0.717) is 0 Å². The van der Waals surface area contributed by atoms with Gasteiger partial charge < -0.3 is 0 Å². The average Bonchev–Trinajstić information content (AvgIpc) is 1.73. The zero-order valence-corrected chi connectivity index (χ0v) is 4.96. The van der Waals surface area contributed by atoms with E-state index in [1.165, 1.54) is 0 Å². The zero-order chi connectivity index (χ0) is 4.86. The Hall–Kier alpha value is 1.35. The van der Waals surface area contributed by atoms with Crippen molar-refractivity contribution in [3.63, 3.8) is 0 Å². The third-order valence-electron chi connectivity index (χ3n) is 0.275. The molecule has 8 heavy (non-hydrogen) atoms. The Kier molecular flexibility index (Phi) is 3.81. The maximum absolute atomic E-state index is 7.89. The third kappa shape index (κ3) is 4.25. The van der Waals surface area contributed by atoms with Crippen LogP contribution >= 0.6 is 7.74 Å². The van der Waals surface area contributed by atoms with Gasteiger partial charge in [-0.15, -0.1) is 0 Å². The van der Waals surface area contributed by atoms with E-state index in [-0.39, 0.29) is 35.9 Å². The summed E-state index contributed by atoms with van der Waals surface area (Å²) in [4.78, 5) is 23.7. The minimum atomic E-state index is -4.80. The van der Waals surface area contributed by atoms with E-state index in [0.717, 1.165) is 0 Å². The molecule has 1 aliphatic rings. The topological polar surface area (TPSA) is 85.8 Å². The predicted molar refractivity (Wildman–Crippen MR) is 22.9 cm³/mol. The molecule has 0 atom stereocenters. The molecule has 1 fully saturated rings. The van der Waals surface area contributed by atoms with Gasteiger partial charge in [0.1, 0.15) is 0 Å². The number of hydrogen-bond donors (Lipinski definition) is 3. The van der Waals surface area contributed by atoms with Gasteiger partial charge in [-0.05, 0) is 0 Å². The summed E-state index contributed by atoms with van der Waals surface area (Å²) in [5.41, 5.74) is 0. The Morgan fingerprint density at radius 2 is 1.12 bits per heavy atom. The predicted octanol–water partition coefficient (Wildman–Crippen LogP) is -1.60. The first kappa shape index (κ1) is 12.1. The minimum absolute atomic E-state index is 0. The molecule has 8 heteroatoms. The van der Waals surface area contributed by atoms with E-state index in [4.69, 9.17) is 14.7 Å². The van der Waals surface area contributed by atoms with Gasteiger partial charge in [-0.2, -0.15) is 0 Å². The first-order valence-corrected chi connectivity index (χ1v) is 3.06. The molecule has 1 aliphatic heterocycles. The van der Waals surface area contributed by atoms with E-state index < -0.39 is 7.74 Å². The van der Waals surface area contributed by atoms with Gasteiger partial charge in [0.15, 0.2) is 0 Å². The molecule has 0 aromatic rings. The van der Waals surface area contributed by atoms with Crippen molar-refractivity contribution in [2.45, 2.75) is 0 Å². The number of hydrogen-bond acceptors (Lipinski definition) is 5. The molecule has 5 nitrogen and oxygen atoms in total. The van der Waals surface area contributed by atoms with Crippen LogP contribution in [0.3, 0.4) is 0 Å². The van der Waals surface area contributed by atoms with Gasteiger partial charge in [-0.3, -0.25) is 0 Å². The van der Waals surface area contributed by atoms with E-state index in [1.807, 2.05) is 0 Å². The second-order valence-electron chi connectivity index (χ2n) is 0.982. The van der Waals surface area contributed by atoms with Crippen LogP contribution in [0.4, 0.5) is 0 Å². The fourth-order valence-electron chi connectivity index (χ4n) is 0.0447. The normalized spacial score (nSPS) is 32.1. The fourth-order valence-corrected chi connectivity index (χ4v) is 0.402. The number of rotatable bonds is 0. The summed E-state index contributed by atoms with van der Waals surface area (Å²) in [7, 11) is -4.80. The van der Waals surface area contributed by atoms with Crippen LogP contribution in [0.1, 0.15) is 0 Å². The van der Waals surface area contributed by atoms with Crippen LogP contribution in [0.5, 0.6) is 0 Å². The zero-order valence-electron chi connectivity index (χ0n) is 2.96. The summed E-state index contributed by atoms with van der Waals surface area (Å²) in [5, 5.41) is 0. The van der Waals surface area contributed by atoms with E-state index in [2.05, 4.69) is 9.35 Å². The molecular weight excluding hydrogens is 174 g/mol. The standard InChI is InChI=1S/Fe.Li.H3O5P.H/c;;1-6(2,3)4-5-6;/h;;1-3H;. The second kappa shape index (κ2) is 2.53. The van der Waals surface area contributed by atoms with Crippen LogP contribution in [-0.2, 0) is 26.4 Å². The molecule has 0 bridgehead atoms. The molecule has 0 spiro atoms. The molecule has 1 heterocycles. The van der Waals surface area contributed by atoms with Crippen molar-refractivity contribution in [2.24, 2.45) is 0 Å². The van der Waals surface area contributed by atoms with Gasteiger partial charge in [0.25, 0.3) is 0 Å². The van der Waals surface area contributed by atoms with Crippen LogP contribution in [0.2, 0.25) is 0 Å². The van der Waals surface area contributed by atoms with Crippen molar-refractivity contribution in [1.29, 1.82) is 0 Å². The molecule has 0 saturated carbocycles. The van der Waals surface area contributed by atoms with Gasteiger partial charge in [0, 0.05) is 17.1 Å². The van der Waals surface area contributed by atoms with E-state index >= 15 is 0 Å². The summed E-state index contributed by atoms with van der Waals surface area (Å²) in [6, 6.07) is 0. The Morgan fingerprint density at radius 1 is 1.00 bits per heavy atom. The summed E-state index contributed by atoms with van der Waals surface area (Å²) in [5.74, 6) is 0. The maximum atomic E-state index is 7.89. The van der Waals surface area contributed by atoms with Gasteiger partial charge >= 0.3 is 50.6 Å². The Morgan fingerprint density at radius 3 is 1.12 bits per heavy atom. The van der Waals surface area contributed by atoms with Gasteiger partial charge in [-0.1, -0.05) is 0 Å². The van der Waals surface area contributed by atoms with Crippen LogP contribution in [0, 0.1) is 0 Å². The molecule has 0 amide bonds. The SMILES string of the molecule is OP1(O)(O)OO1.[Fe].[LiH]. The fraction of sp³-hybridized carbons (Fsp3) is 0. The van der Waals surface area contributed by atoms with E-state index in [9.17, 15) is 0 Å². The molecule has 3 N–H and O–H groups in total. The van der Waals surface area contributed by atoms with Crippen molar-refractivity contribution in [3.05, 3.63) is 0 Å². The summed E-state index contributed by atoms with van der Waals surface area (Å²) >= 11 is 0. The quantitative estimate of drug-likeness (QED) is 0.180. The van der Waals surface area contributed by atoms with Gasteiger partial charge in [0.2, 0.25) is 0 Å². The third-order valence-corrected chi connectivity index (χ3v) is 0.824. The molecule has 0 aromatic heterocycles. The van der Waals surface area contributed by atoms with Crippen molar-refractivity contribution >= 4 is 26.6 Å². The van der Waals surface area contributed by atoms with Crippen LogP contribution in [0.15, 0.2) is 0 Å². The Bertz CT molecular complexity index is 76.2. The summed E-state index contributed by atoms with van der Waals surface area (Å²) < 4.78 is 6.76. The molecule has 0 aromatic carbocycles. The molecular formula is H4FeLiO5P. The van der Waals surface area contributed by atoms with Crippen LogP contribution in [-0.4, -0.2) is 33.5 Å². The summed E-state index contributed by atoms with van der Waals surface area (Å²) in [6.07, 6.45) is 0. The monoisotopic (exact) mass is 178 g/mol. The second-order valence-corrected chi connectivity index (χ2v) is 2.95. The van der Waals surface area contributed by atoms with Crippen molar-refractivity contribution in [1.82, 2.24) is 0 Å². The molecule has 0 radical (unpaired) electrons. The summed E-state index contributed by atoms with van der Waals surface area (Å²) in [6.45, 7) is 0. The average molecular weight is 178 g/mol. The van der Waals surface area contributed by atoms with E-state index in [1.54, 1.807) is 0 Å². The van der Waals surface area contributed by atoms with Crippen molar-refractivity contribution < 1.29 is 41.1 Å². The first-order chi connectivity index (χ1) is 2.47.